The predicted octanol–water partition coefficient (Wildman–Crippen LogP) is 5.30. The van der Waals surface area contributed by atoms with Gasteiger partial charge in [0.15, 0.2) is 11.6 Å². The third-order valence-electron chi connectivity index (χ3n) is 8.20. The SMILES string of the molecule is COc1ccc(-c2cc(C(N)=O)c3c(c2)-c2cc(C(=O)N4CCC(O)(c5ccccc5)CC4)ccc2C3)cc1F. The van der Waals surface area contributed by atoms with Crippen molar-refractivity contribution < 1.29 is 23.8 Å². The number of ether oxygens (including phenoxy) is 1. The largest absolute Gasteiger partial charge is 0.494 e. The minimum Gasteiger partial charge on any atom is -0.494 e. The number of rotatable bonds is 5. The molecular formula is C33H29FN2O4. The van der Waals surface area contributed by atoms with Crippen LogP contribution in [0, 0.1) is 5.82 Å². The molecule has 1 aliphatic heterocycles. The van der Waals surface area contributed by atoms with Gasteiger partial charge in [-0.1, -0.05) is 42.5 Å². The average Bonchev–Trinajstić information content (AvgIpc) is 3.35. The van der Waals surface area contributed by atoms with Crippen LogP contribution in [0.15, 0.2) is 78.9 Å². The second-order valence-electron chi connectivity index (χ2n) is 10.5. The number of nitrogens with two attached hydrogens (primary N) is 1. The predicted molar refractivity (Wildman–Crippen MR) is 151 cm³/mol. The molecule has 202 valence electrons. The molecule has 0 radical (unpaired) electrons. The van der Waals surface area contributed by atoms with E-state index in [0.29, 0.717) is 54.6 Å². The van der Waals surface area contributed by atoms with Crippen LogP contribution in [-0.4, -0.2) is 42.0 Å². The molecule has 3 N–H and O–H groups in total. The van der Waals surface area contributed by atoms with Gasteiger partial charge >= 0.3 is 0 Å². The van der Waals surface area contributed by atoms with Crippen molar-refractivity contribution in [1.29, 1.82) is 0 Å². The van der Waals surface area contributed by atoms with E-state index < -0.39 is 17.3 Å². The van der Waals surface area contributed by atoms with Gasteiger partial charge in [0.05, 0.1) is 12.7 Å². The van der Waals surface area contributed by atoms with E-state index in [0.717, 1.165) is 27.8 Å². The fraction of sp³-hybridized carbons (Fsp3) is 0.212. The molecule has 2 amide bonds. The Kier molecular flexibility index (Phi) is 6.39. The zero-order valence-electron chi connectivity index (χ0n) is 22.1. The molecule has 6 rings (SSSR count). The maximum Gasteiger partial charge on any atom is 0.253 e. The van der Waals surface area contributed by atoms with Crippen LogP contribution in [0.1, 0.15) is 50.2 Å². The Hall–Kier alpha value is -4.49. The summed E-state index contributed by atoms with van der Waals surface area (Å²) in [4.78, 5) is 27.8. The fourth-order valence-electron chi connectivity index (χ4n) is 5.94. The highest BCUT2D eigenvalue weighted by Gasteiger charge is 2.36. The number of fused-ring (bicyclic) bond motifs is 3. The van der Waals surface area contributed by atoms with Gasteiger partial charge in [0.1, 0.15) is 0 Å². The first-order valence-corrected chi connectivity index (χ1v) is 13.3. The molecular weight excluding hydrogens is 507 g/mol. The first kappa shape index (κ1) is 25.8. The number of hydrogen-bond donors (Lipinski definition) is 2. The van der Waals surface area contributed by atoms with Crippen LogP contribution in [0.25, 0.3) is 22.3 Å². The van der Waals surface area contributed by atoms with Crippen molar-refractivity contribution >= 4 is 11.8 Å². The zero-order chi connectivity index (χ0) is 28.0. The highest BCUT2D eigenvalue weighted by molar-refractivity contribution is 6.01. The minimum absolute atomic E-state index is 0.102. The zero-order valence-corrected chi connectivity index (χ0v) is 22.1. The standard InChI is InChI=1S/C33H29FN2O4/c1-40-30-10-9-20(19-29(30)34)23-17-26-25-16-22(8-7-21(25)15-27(26)28(18-23)31(35)37)32(38)36-13-11-33(39,12-14-36)24-5-3-2-4-6-24/h2-10,16-19,39H,11-15H2,1H3,(H2,35,37). The van der Waals surface area contributed by atoms with Gasteiger partial charge in [-0.25, -0.2) is 4.39 Å². The molecule has 7 heteroatoms. The van der Waals surface area contributed by atoms with E-state index >= 15 is 0 Å². The van der Waals surface area contributed by atoms with Gasteiger partial charge in [-0.3, -0.25) is 9.59 Å². The van der Waals surface area contributed by atoms with Crippen LogP contribution < -0.4 is 10.5 Å². The number of halogens is 1. The molecule has 1 aliphatic carbocycles. The van der Waals surface area contributed by atoms with Crippen molar-refractivity contribution in [2.24, 2.45) is 5.73 Å². The third kappa shape index (κ3) is 4.42. The van der Waals surface area contributed by atoms with Crippen LogP contribution in [-0.2, 0) is 12.0 Å². The topological polar surface area (TPSA) is 92.9 Å². The molecule has 1 saturated heterocycles. The Bertz CT molecular complexity index is 1640. The summed E-state index contributed by atoms with van der Waals surface area (Å²) in [5.74, 6) is -1.03. The number of aliphatic hydroxyl groups is 1. The lowest BCUT2D eigenvalue weighted by Crippen LogP contribution is -2.45. The van der Waals surface area contributed by atoms with Crippen LogP contribution in [0.2, 0.25) is 0 Å². The number of amides is 2. The van der Waals surface area contributed by atoms with Crippen molar-refractivity contribution in [2.45, 2.75) is 24.9 Å². The van der Waals surface area contributed by atoms with Gasteiger partial charge in [-0.15, -0.1) is 0 Å². The fourth-order valence-corrected chi connectivity index (χ4v) is 5.94. The van der Waals surface area contributed by atoms with E-state index in [1.807, 2.05) is 54.6 Å². The molecule has 1 heterocycles. The highest BCUT2D eigenvalue weighted by Crippen LogP contribution is 2.42. The Morgan fingerprint density at radius 2 is 1.68 bits per heavy atom. The van der Waals surface area contributed by atoms with Crippen molar-refractivity contribution in [3.05, 3.63) is 112 Å². The molecule has 0 atom stereocenters. The first-order valence-electron chi connectivity index (χ1n) is 13.3. The van der Waals surface area contributed by atoms with Crippen LogP contribution in [0.4, 0.5) is 4.39 Å². The number of methoxy groups -OCH3 is 1. The lowest BCUT2D eigenvalue weighted by molar-refractivity contribution is -0.0211. The quantitative estimate of drug-likeness (QED) is 0.319. The average molecular weight is 537 g/mol. The van der Waals surface area contributed by atoms with Crippen LogP contribution in [0.3, 0.4) is 0 Å². The molecule has 0 spiro atoms. The molecule has 2 aliphatic rings. The summed E-state index contributed by atoms with van der Waals surface area (Å²) in [6.07, 6.45) is 1.43. The lowest BCUT2D eigenvalue weighted by Gasteiger charge is -2.38. The van der Waals surface area contributed by atoms with Crippen molar-refractivity contribution in [2.75, 3.05) is 20.2 Å². The van der Waals surface area contributed by atoms with Crippen molar-refractivity contribution in [1.82, 2.24) is 4.90 Å². The molecule has 6 nitrogen and oxygen atoms in total. The molecule has 0 unspecified atom stereocenters. The Morgan fingerprint density at radius 1 is 0.925 bits per heavy atom. The second kappa shape index (κ2) is 9.92. The molecule has 0 aromatic heterocycles. The number of carbonyl (C=O) groups excluding carboxylic acids is 2. The summed E-state index contributed by atoms with van der Waals surface area (Å²) in [7, 11) is 1.40. The summed E-state index contributed by atoms with van der Waals surface area (Å²) >= 11 is 0. The Labute approximate surface area is 231 Å². The molecule has 4 aromatic carbocycles. The number of likely N-dealkylation sites (tertiary alicyclic amines) is 1. The molecule has 1 fully saturated rings. The number of nitrogens with zero attached hydrogens (tertiary/aromatic N) is 1. The smallest absolute Gasteiger partial charge is 0.253 e. The van der Waals surface area contributed by atoms with Crippen LogP contribution in [0.5, 0.6) is 5.75 Å². The molecule has 40 heavy (non-hydrogen) atoms. The number of piperidine rings is 1. The maximum absolute atomic E-state index is 14.5. The van der Waals surface area contributed by atoms with Gasteiger partial charge in [0, 0.05) is 24.2 Å². The van der Waals surface area contributed by atoms with E-state index in [4.69, 9.17) is 10.5 Å². The van der Waals surface area contributed by atoms with E-state index in [1.165, 1.54) is 13.2 Å². The normalized spacial score (nSPS) is 15.3. The number of primary amides is 1. The number of carbonyl (C=O) groups is 2. The van der Waals surface area contributed by atoms with Gasteiger partial charge < -0.3 is 20.5 Å². The van der Waals surface area contributed by atoms with Crippen molar-refractivity contribution in [3.63, 3.8) is 0 Å². The second-order valence-corrected chi connectivity index (χ2v) is 10.5. The Balaban J connectivity index is 1.31. The Morgan fingerprint density at radius 3 is 2.35 bits per heavy atom. The summed E-state index contributed by atoms with van der Waals surface area (Å²) in [6.45, 7) is 0.883. The van der Waals surface area contributed by atoms with E-state index in [-0.39, 0.29) is 11.7 Å². The van der Waals surface area contributed by atoms with Crippen LogP contribution >= 0.6 is 0 Å². The monoisotopic (exact) mass is 536 g/mol. The summed E-state index contributed by atoms with van der Waals surface area (Å²) < 4.78 is 19.5. The molecule has 0 bridgehead atoms. The van der Waals surface area contributed by atoms with E-state index in [9.17, 15) is 19.1 Å². The first-order chi connectivity index (χ1) is 19.3. The van der Waals surface area contributed by atoms with Crippen molar-refractivity contribution in [3.8, 4) is 28.0 Å². The summed E-state index contributed by atoms with van der Waals surface area (Å²) in [5.41, 5.74) is 11.3. The molecule has 0 saturated carbocycles. The highest BCUT2D eigenvalue weighted by atomic mass is 19.1. The summed E-state index contributed by atoms with van der Waals surface area (Å²) in [5, 5.41) is 11.2. The van der Waals surface area contributed by atoms with E-state index in [2.05, 4.69) is 0 Å². The third-order valence-corrected chi connectivity index (χ3v) is 8.20. The maximum atomic E-state index is 14.5. The molecule has 4 aromatic rings. The summed E-state index contributed by atoms with van der Waals surface area (Å²) in [6, 6.07) is 23.4. The number of benzene rings is 4. The van der Waals surface area contributed by atoms with E-state index in [1.54, 1.807) is 23.1 Å². The van der Waals surface area contributed by atoms with Gasteiger partial charge in [-0.05, 0) is 94.6 Å². The van der Waals surface area contributed by atoms with Gasteiger partial charge in [0.2, 0.25) is 5.91 Å². The van der Waals surface area contributed by atoms with Gasteiger partial charge in [-0.2, -0.15) is 0 Å². The number of hydrogen-bond acceptors (Lipinski definition) is 4. The lowest BCUT2D eigenvalue weighted by atomic mass is 9.84. The minimum atomic E-state index is -0.947. The van der Waals surface area contributed by atoms with Gasteiger partial charge in [0.25, 0.3) is 5.91 Å².